The summed E-state index contributed by atoms with van der Waals surface area (Å²) in [6.07, 6.45) is 0. The van der Waals surface area contributed by atoms with Gasteiger partial charge in [0.25, 0.3) is 0 Å². The lowest BCUT2D eigenvalue weighted by Crippen LogP contribution is -2.04. The van der Waals surface area contributed by atoms with Crippen molar-refractivity contribution in [3.05, 3.63) is 0 Å². The van der Waals surface area contributed by atoms with Gasteiger partial charge in [0.15, 0.2) is 9.83 Å². The van der Waals surface area contributed by atoms with Gasteiger partial charge in [0.05, 0.1) is 0 Å². The molecule has 8 nitrogen and oxygen atoms in total. The summed E-state index contributed by atoms with van der Waals surface area (Å²) in [5.74, 6) is 0. The van der Waals surface area contributed by atoms with Gasteiger partial charge in [-0.05, 0) is 0 Å². The zero-order chi connectivity index (χ0) is 9.12. The smallest absolute Gasteiger partial charge is 0.234 e. The van der Waals surface area contributed by atoms with Crippen LogP contribution < -0.4 is 0 Å². The minimum Gasteiger partial charge on any atom is -0.234 e. The Bertz CT molecular complexity index is 258. The summed E-state index contributed by atoms with van der Waals surface area (Å²) in [4.78, 5) is 0. The summed E-state index contributed by atoms with van der Waals surface area (Å²) in [7, 11) is -10.3. The van der Waals surface area contributed by atoms with Gasteiger partial charge in [-0.1, -0.05) is 0 Å². The van der Waals surface area contributed by atoms with Crippen LogP contribution in [0, 0.1) is 0 Å². The molecule has 2 N–H and O–H groups in total. The quantitative estimate of drug-likeness (QED) is 0.359. The molecule has 0 aliphatic carbocycles. The van der Waals surface area contributed by atoms with E-state index in [2.05, 4.69) is 8.67 Å². The van der Waals surface area contributed by atoms with Gasteiger partial charge in [-0.15, -0.1) is 8.67 Å². The van der Waals surface area contributed by atoms with Crippen molar-refractivity contribution in [2.45, 2.75) is 0 Å². The van der Waals surface area contributed by atoms with Crippen molar-refractivity contribution in [2.24, 2.45) is 0 Å². The monoisotopic (exact) mass is 226 g/mol. The van der Waals surface area contributed by atoms with E-state index in [0.29, 0.717) is 0 Å². The molecule has 11 heteroatoms. The zero-order valence-electron chi connectivity index (χ0n) is 4.57. The van der Waals surface area contributed by atoms with Gasteiger partial charge in [0, 0.05) is 0 Å². The normalized spacial score (nSPS) is 13.3. The molecule has 0 aromatic carbocycles. The van der Waals surface area contributed by atoms with Crippen molar-refractivity contribution in [1.29, 1.82) is 0 Å². The maximum atomic E-state index is 10.1. The molecule has 0 saturated carbocycles. The van der Waals surface area contributed by atoms with Crippen LogP contribution in [0.1, 0.15) is 0 Å². The molecule has 0 heterocycles. The average Bonchev–Trinajstić information content (AvgIpc) is 1.86. The molecule has 0 radical (unpaired) electrons. The summed E-state index contributed by atoms with van der Waals surface area (Å²) in [5, 5.41) is 15.1. The molecular weight excluding hydrogens is 224 g/mol. The molecule has 0 rings (SSSR count). The van der Waals surface area contributed by atoms with E-state index in [9.17, 15) is 16.8 Å². The first-order chi connectivity index (χ1) is 4.83. The lowest BCUT2D eigenvalue weighted by atomic mass is 15.0. The van der Waals surface area contributed by atoms with Crippen molar-refractivity contribution in [1.82, 2.24) is 0 Å². The van der Waals surface area contributed by atoms with E-state index in [0.717, 1.165) is 0 Å². The Kier molecular flexibility index (Phi) is 3.69. The summed E-state index contributed by atoms with van der Waals surface area (Å²) in [6, 6.07) is 0. The fourth-order valence-corrected chi connectivity index (χ4v) is 3.43. The van der Waals surface area contributed by atoms with Crippen LogP contribution in [0.3, 0.4) is 0 Å². The van der Waals surface area contributed by atoms with E-state index in [-0.39, 0.29) is 0 Å². The highest BCUT2D eigenvalue weighted by atomic mass is 33.5. The molecule has 0 bridgehead atoms. The van der Waals surface area contributed by atoms with Gasteiger partial charge in [-0.2, -0.15) is 16.8 Å². The first-order valence-corrected chi connectivity index (χ1v) is 6.37. The van der Waals surface area contributed by atoms with Crippen LogP contribution in [0.15, 0.2) is 0 Å². The van der Waals surface area contributed by atoms with Gasteiger partial charge in [-0.25, -0.2) is 10.5 Å². The third kappa shape index (κ3) is 4.52. The van der Waals surface area contributed by atoms with Crippen molar-refractivity contribution in [2.75, 3.05) is 0 Å². The summed E-state index contributed by atoms with van der Waals surface area (Å²) >= 11 is 0. The van der Waals surface area contributed by atoms with Crippen LogP contribution in [-0.4, -0.2) is 27.4 Å². The Morgan fingerprint density at radius 3 is 1.36 bits per heavy atom. The van der Waals surface area contributed by atoms with E-state index in [1.54, 1.807) is 0 Å². The second-order valence-corrected chi connectivity index (χ2v) is 7.18. The van der Waals surface area contributed by atoms with Crippen LogP contribution in [0.25, 0.3) is 0 Å². The standard InChI is InChI=1S/H2O8S3/c1-7-10(3,4)9-11(5,6)8-2/h1-2H. The molecule has 0 saturated heterocycles. The predicted molar refractivity (Wildman–Crippen MR) is 32.9 cm³/mol. The molecule has 0 atom stereocenters. The second-order valence-electron chi connectivity index (χ2n) is 1.03. The predicted octanol–water partition coefficient (Wildman–Crippen LogP) is -0.812. The van der Waals surface area contributed by atoms with E-state index in [1.807, 2.05) is 0 Å². The number of hydrogen-bond acceptors (Lipinski definition) is 9. The summed E-state index contributed by atoms with van der Waals surface area (Å²) in [5.41, 5.74) is 0. The molecule has 0 aliphatic heterocycles. The van der Waals surface area contributed by atoms with E-state index >= 15 is 0 Å². The van der Waals surface area contributed by atoms with Crippen molar-refractivity contribution >= 4 is 28.1 Å². The van der Waals surface area contributed by atoms with Crippen LogP contribution in [-0.2, 0) is 27.0 Å². The molecule has 0 spiro atoms. The Labute approximate surface area is 64.6 Å². The Balaban J connectivity index is 4.54. The summed E-state index contributed by atoms with van der Waals surface area (Å²) in [6.45, 7) is 0. The average molecular weight is 226 g/mol. The number of hydrogen-bond donors (Lipinski definition) is 2. The lowest BCUT2D eigenvalue weighted by molar-refractivity contribution is -0.128. The Hall–Kier alpha value is 0.0900. The second kappa shape index (κ2) is 3.66. The van der Waals surface area contributed by atoms with Gasteiger partial charge in [-0.3, -0.25) is 0 Å². The van der Waals surface area contributed by atoms with Gasteiger partial charge in [0.1, 0.15) is 0 Å². The third-order valence-electron chi connectivity index (χ3n) is 0.349. The fraction of sp³-hybridized carbons (Fsp3) is 0. The van der Waals surface area contributed by atoms with E-state index in [4.69, 9.17) is 10.5 Å². The van der Waals surface area contributed by atoms with E-state index < -0.39 is 28.1 Å². The van der Waals surface area contributed by atoms with Gasteiger partial charge >= 0.3 is 18.3 Å². The van der Waals surface area contributed by atoms with Crippen molar-refractivity contribution < 1.29 is 36.0 Å². The van der Waals surface area contributed by atoms with Crippen molar-refractivity contribution in [3.8, 4) is 0 Å². The highest BCUT2D eigenvalue weighted by molar-refractivity contribution is 9.02. The van der Waals surface area contributed by atoms with Gasteiger partial charge < -0.3 is 0 Å². The minimum absolute atomic E-state index is 0.896. The first kappa shape index (κ1) is 11.1. The Morgan fingerprint density at radius 1 is 0.909 bits per heavy atom. The van der Waals surface area contributed by atoms with Crippen molar-refractivity contribution in [3.63, 3.8) is 0 Å². The maximum absolute atomic E-state index is 10.1. The number of rotatable bonds is 4. The highest BCUT2D eigenvalue weighted by Gasteiger charge is 2.25. The molecule has 0 aromatic heterocycles. The van der Waals surface area contributed by atoms with Crippen LogP contribution in [0.2, 0.25) is 0 Å². The third-order valence-corrected chi connectivity index (χ3v) is 5.41. The van der Waals surface area contributed by atoms with Gasteiger partial charge in [0.2, 0.25) is 0 Å². The molecule has 11 heavy (non-hydrogen) atoms. The molecule has 0 aromatic rings. The molecule has 0 amide bonds. The Morgan fingerprint density at radius 2 is 1.18 bits per heavy atom. The van der Waals surface area contributed by atoms with E-state index in [1.165, 1.54) is 0 Å². The first-order valence-electron chi connectivity index (χ1n) is 1.70. The largest absolute Gasteiger partial charge is 0.365 e. The SMILES string of the molecule is O=S(=O)(OO)SS(=O)(=O)OO. The maximum Gasteiger partial charge on any atom is 0.365 e. The topological polar surface area (TPSA) is 127 Å². The van der Waals surface area contributed by atoms with Crippen LogP contribution in [0.5, 0.6) is 0 Å². The van der Waals surface area contributed by atoms with Crippen LogP contribution >= 0.6 is 9.83 Å². The minimum atomic E-state index is -4.69. The highest BCUT2D eigenvalue weighted by Crippen LogP contribution is 2.21. The molecule has 0 unspecified atom stereocenters. The van der Waals surface area contributed by atoms with Crippen LogP contribution in [0.4, 0.5) is 0 Å². The molecule has 0 aliphatic rings. The fourth-order valence-electron chi connectivity index (χ4n) is 0.127. The molecule has 68 valence electrons. The summed E-state index contributed by atoms with van der Waals surface area (Å²) < 4.78 is 45.9. The molecular formula is H2O8S3. The lowest BCUT2D eigenvalue weighted by Gasteiger charge is -1.94. The molecule has 0 fully saturated rings. The zero-order valence-corrected chi connectivity index (χ0v) is 7.02.